The van der Waals surface area contributed by atoms with E-state index in [0.29, 0.717) is 18.7 Å². The Morgan fingerprint density at radius 1 is 1.10 bits per heavy atom. The average molecular weight is 510 g/mol. The summed E-state index contributed by atoms with van der Waals surface area (Å²) >= 11 is 3.29. The van der Waals surface area contributed by atoms with Gasteiger partial charge in [0.2, 0.25) is 10.0 Å². The van der Waals surface area contributed by atoms with Gasteiger partial charge in [-0.1, -0.05) is 15.9 Å². The second kappa shape index (κ2) is 10.1. The number of nitrogens with zero attached hydrogens (tertiary/aromatic N) is 4. The van der Waals surface area contributed by atoms with Gasteiger partial charge >= 0.3 is 0 Å². The molecule has 1 heterocycles. The highest BCUT2D eigenvalue weighted by Crippen LogP contribution is 2.20. The van der Waals surface area contributed by atoms with Crippen LogP contribution in [0.4, 0.5) is 5.69 Å². The molecule has 1 aliphatic rings. The number of benzene rings is 2. The molecule has 12 heteroatoms. The Morgan fingerprint density at radius 2 is 1.71 bits per heavy atom. The predicted molar refractivity (Wildman–Crippen MR) is 118 cm³/mol. The van der Waals surface area contributed by atoms with E-state index in [1.165, 1.54) is 34.8 Å². The molecule has 0 spiro atoms. The van der Waals surface area contributed by atoms with Crippen molar-refractivity contribution in [1.82, 2.24) is 14.6 Å². The van der Waals surface area contributed by atoms with Gasteiger partial charge in [-0.2, -0.15) is 9.41 Å². The number of hydrogen-bond donors (Lipinski definition) is 1. The predicted octanol–water partition coefficient (Wildman–Crippen LogP) is 1.81. The fraction of sp³-hybridized carbons (Fsp3) is 0.263. The van der Waals surface area contributed by atoms with Crippen molar-refractivity contribution < 1.29 is 18.1 Å². The minimum Gasteiger partial charge on any atom is -0.292 e. The molecule has 0 bridgehead atoms. The van der Waals surface area contributed by atoms with Gasteiger partial charge in [0.05, 0.1) is 22.6 Å². The van der Waals surface area contributed by atoms with Crippen LogP contribution in [-0.2, 0) is 14.8 Å². The zero-order valence-electron chi connectivity index (χ0n) is 16.3. The number of nitro benzene ring substituents is 1. The van der Waals surface area contributed by atoms with Gasteiger partial charge < -0.3 is 0 Å². The molecule has 164 valence electrons. The third-order valence-corrected chi connectivity index (χ3v) is 7.10. The number of carbonyl (C=O) groups is 1. The highest BCUT2D eigenvalue weighted by molar-refractivity contribution is 9.10. The average Bonchev–Trinajstić information content (AvgIpc) is 2.75. The molecule has 2 aromatic carbocycles. The van der Waals surface area contributed by atoms with E-state index in [0.717, 1.165) is 4.47 Å². The minimum atomic E-state index is -3.56. The van der Waals surface area contributed by atoms with Gasteiger partial charge in [-0.15, -0.1) is 0 Å². The van der Waals surface area contributed by atoms with E-state index in [-0.39, 0.29) is 36.1 Å². The zero-order valence-corrected chi connectivity index (χ0v) is 18.8. The van der Waals surface area contributed by atoms with Crippen LogP contribution in [0, 0.1) is 10.1 Å². The number of nitrogens with one attached hydrogen (secondary N) is 1. The first kappa shape index (κ1) is 23.0. The van der Waals surface area contributed by atoms with Gasteiger partial charge in [0, 0.05) is 42.8 Å². The summed E-state index contributed by atoms with van der Waals surface area (Å²) in [6.45, 7) is 1.52. The number of carbonyl (C=O) groups excluding carboxylic acids is 1. The highest BCUT2D eigenvalue weighted by atomic mass is 79.9. The summed E-state index contributed by atoms with van der Waals surface area (Å²) in [4.78, 5) is 24.3. The number of halogens is 1. The summed E-state index contributed by atoms with van der Waals surface area (Å²) in [5.41, 5.74) is 2.99. The van der Waals surface area contributed by atoms with Crippen LogP contribution in [0.5, 0.6) is 0 Å². The number of piperazine rings is 1. The lowest BCUT2D eigenvalue weighted by atomic mass is 10.2. The molecule has 31 heavy (non-hydrogen) atoms. The SMILES string of the molecule is O=C(CN1CCN(S(=O)(=O)c2ccc(Br)cc2)CC1)NN=Cc1ccc([N+](=O)[O-])cc1. The third-order valence-electron chi connectivity index (χ3n) is 4.66. The molecule has 0 aliphatic carbocycles. The molecule has 0 atom stereocenters. The van der Waals surface area contributed by atoms with Crippen LogP contribution in [0.1, 0.15) is 5.56 Å². The highest BCUT2D eigenvalue weighted by Gasteiger charge is 2.28. The van der Waals surface area contributed by atoms with Gasteiger partial charge in [0.1, 0.15) is 0 Å². The Labute approximate surface area is 187 Å². The number of non-ortho nitro benzene ring substituents is 1. The van der Waals surface area contributed by atoms with Gasteiger partial charge in [-0.3, -0.25) is 19.8 Å². The Morgan fingerprint density at radius 3 is 2.29 bits per heavy atom. The Hall–Kier alpha value is -2.67. The smallest absolute Gasteiger partial charge is 0.269 e. The standard InChI is InChI=1S/C19H20BrN5O5S/c20-16-3-7-18(8-4-16)31(29,30)24-11-9-23(10-12-24)14-19(26)22-21-13-15-1-5-17(6-2-15)25(27)28/h1-8,13H,9-12,14H2,(H,22,26). The lowest BCUT2D eigenvalue weighted by molar-refractivity contribution is -0.384. The van der Waals surface area contributed by atoms with Crippen molar-refractivity contribution in [3.05, 3.63) is 68.7 Å². The lowest BCUT2D eigenvalue weighted by Crippen LogP contribution is -2.50. The Bertz CT molecular complexity index is 1070. The first-order valence-electron chi connectivity index (χ1n) is 9.30. The summed E-state index contributed by atoms with van der Waals surface area (Å²) in [6, 6.07) is 12.2. The molecule has 1 aliphatic heterocycles. The van der Waals surface area contributed by atoms with Crippen LogP contribution >= 0.6 is 15.9 Å². The van der Waals surface area contributed by atoms with Gasteiger partial charge in [0.15, 0.2) is 0 Å². The number of sulfonamides is 1. The second-order valence-electron chi connectivity index (χ2n) is 6.78. The second-order valence-corrected chi connectivity index (χ2v) is 9.63. The molecular formula is C19H20BrN5O5S. The fourth-order valence-corrected chi connectivity index (χ4v) is 4.67. The fourth-order valence-electron chi connectivity index (χ4n) is 2.98. The molecule has 0 saturated carbocycles. The molecule has 1 saturated heterocycles. The van der Waals surface area contributed by atoms with E-state index in [1.807, 2.05) is 4.90 Å². The van der Waals surface area contributed by atoms with E-state index < -0.39 is 14.9 Å². The molecule has 10 nitrogen and oxygen atoms in total. The van der Waals surface area contributed by atoms with Crippen LogP contribution in [0.15, 0.2) is 63.0 Å². The van der Waals surface area contributed by atoms with E-state index >= 15 is 0 Å². The minimum absolute atomic E-state index is 0.0255. The van der Waals surface area contributed by atoms with Crippen molar-refractivity contribution in [2.45, 2.75) is 4.90 Å². The van der Waals surface area contributed by atoms with Crippen LogP contribution in [-0.4, -0.2) is 67.4 Å². The van der Waals surface area contributed by atoms with E-state index in [1.54, 1.807) is 24.3 Å². The van der Waals surface area contributed by atoms with Gasteiger partial charge in [0.25, 0.3) is 11.6 Å². The summed E-state index contributed by atoms with van der Waals surface area (Å²) < 4.78 is 27.7. The molecule has 2 aromatic rings. The van der Waals surface area contributed by atoms with Gasteiger partial charge in [-0.05, 0) is 42.0 Å². The van der Waals surface area contributed by atoms with E-state index in [2.05, 4.69) is 26.5 Å². The molecule has 1 N–H and O–H groups in total. The molecule has 0 aromatic heterocycles. The Balaban J connectivity index is 1.46. The van der Waals surface area contributed by atoms with Crippen molar-refractivity contribution >= 4 is 43.8 Å². The maximum Gasteiger partial charge on any atom is 0.269 e. The zero-order chi connectivity index (χ0) is 22.4. The first-order valence-corrected chi connectivity index (χ1v) is 11.5. The third kappa shape index (κ3) is 6.17. The molecular weight excluding hydrogens is 490 g/mol. The van der Waals surface area contributed by atoms with Crippen molar-refractivity contribution in [3.63, 3.8) is 0 Å². The molecule has 1 amide bonds. The summed E-state index contributed by atoms with van der Waals surface area (Å²) in [5, 5.41) is 14.5. The first-order chi connectivity index (χ1) is 14.8. The van der Waals surface area contributed by atoms with Gasteiger partial charge in [-0.25, -0.2) is 13.8 Å². The summed E-state index contributed by atoms with van der Waals surface area (Å²) in [6.07, 6.45) is 1.39. The van der Waals surface area contributed by atoms with E-state index in [9.17, 15) is 23.3 Å². The number of hydrazone groups is 1. The number of amides is 1. The molecule has 3 rings (SSSR count). The van der Waals surface area contributed by atoms with Crippen molar-refractivity contribution in [2.24, 2.45) is 5.10 Å². The van der Waals surface area contributed by atoms with Crippen LogP contribution in [0.25, 0.3) is 0 Å². The molecule has 1 fully saturated rings. The van der Waals surface area contributed by atoms with Crippen molar-refractivity contribution in [3.8, 4) is 0 Å². The normalized spacial score (nSPS) is 15.8. The summed E-state index contributed by atoms with van der Waals surface area (Å²) in [7, 11) is -3.56. The van der Waals surface area contributed by atoms with Crippen LogP contribution in [0.2, 0.25) is 0 Å². The number of rotatable bonds is 7. The quantitative estimate of drug-likeness (QED) is 0.344. The maximum atomic E-state index is 12.7. The van der Waals surface area contributed by atoms with Crippen LogP contribution < -0.4 is 5.43 Å². The number of hydrogen-bond acceptors (Lipinski definition) is 7. The van der Waals surface area contributed by atoms with Crippen molar-refractivity contribution in [2.75, 3.05) is 32.7 Å². The lowest BCUT2D eigenvalue weighted by Gasteiger charge is -2.33. The largest absolute Gasteiger partial charge is 0.292 e. The maximum absolute atomic E-state index is 12.7. The molecule has 0 radical (unpaired) electrons. The Kier molecular flexibility index (Phi) is 7.49. The van der Waals surface area contributed by atoms with Crippen LogP contribution in [0.3, 0.4) is 0 Å². The van der Waals surface area contributed by atoms with Crippen molar-refractivity contribution in [1.29, 1.82) is 0 Å². The molecule has 0 unspecified atom stereocenters. The topological polar surface area (TPSA) is 125 Å². The summed E-state index contributed by atoms with van der Waals surface area (Å²) in [5.74, 6) is -0.331. The van der Waals surface area contributed by atoms with E-state index in [4.69, 9.17) is 0 Å². The monoisotopic (exact) mass is 509 g/mol. The number of nitro groups is 1.